The molecule has 1 atom stereocenters. The van der Waals surface area contributed by atoms with Gasteiger partial charge in [-0.05, 0) is 36.8 Å². The van der Waals surface area contributed by atoms with E-state index in [0.29, 0.717) is 18.4 Å². The topological polar surface area (TPSA) is 98.3 Å². The minimum Gasteiger partial charge on any atom is -0.393 e. The van der Waals surface area contributed by atoms with Crippen molar-refractivity contribution >= 4 is 17.3 Å². The fourth-order valence-electron chi connectivity index (χ4n) is 2.13. The average molecular weight is 263 g/mol. The smallest absolute Gasteiger partial charge is 0.304 e. The molecule has 6 heteroatoms. The van der Waals surface area contributed by atoms with Gasteiger partial charge in [0.1, 0.15) is 11.3 Å². The number of anilines is 1. The van der Waals surface area contributed by atoms with Gasteiger partial charge in [-0.3, -0.25) is 14.9 Å². The molecule has 19 heavy (non-hydrogen) atoms. The van der Waals surface area contributed by atoms with E-state index in [0.717, 1.165) is 0 Å². The number of rotatable bonds is 5. The van der Waals surface area contributed by atoms with E-state index in [2.05, 4.69) is 12.2 Å². The van der Waals surface area contributed by atoms with E-state index in [-0.39, 0.29) is 16.9 Å². The standard InChI is InChI=1S/C13H17N3O3/c1-8(9-5-6-9)7-15-13(17)10-3-2-4-11(14)12(10)16(18)19/h2-4,8-9H,5-7,14H2,1H3,(H,15,17). The molecule has 1 amide bonds. The third-order valence-electron chi connectivity index (χ3n) is 3.51. The maximum Gasteiger partial charge on any atom is 0.304 e. The summed E-state index contributed by atoms with van der Waals surface area (Å²) in [5.74, 6) is 0.645. The lowest BCUT2D eigenvalue weighted by Crippen LogP contribution is -2.29. The number of para-hydroxylation sites is 1. The van der Waals surface area contributed by atoms with Crippen LogP contribution in [-0.4, -0.2) is 17.4 Å². The van der Waals surface area contributed by atoms with Crippen molar-refractivity contribution in [3.8, 4) is 0 Å². The molecule has 0 radical (unpaired) electrons. The normalized spacial score (nSPS) is 15.8. The van der Waals surface area contributed by atoms with Crippen molar-refractivity contribution in [3.63, 3.8) is 0 Å². The Morgan fingerprint density at radius 2 is 2.26 bits per heavy atom. The minimum atomic E-state index is -0.617. The minimum absolute atomic E-state index is 0.00731. The summed E-state index contributed by atoms with van der Waals surface area (Å²) in [4.78, 5) is 22.3. The number of nitrogens with zero attached hydrogens (tertiary/aromatic N) is 1. The quantitative estimate of drug-likeness (QED) is 0.482. The van der Waals surface area contributed by atoms with Gasteiger partial charge in [0, 0.05) is 6.54 Å². The van der Waals surface area contributed by atoms with Crippen molar-refractivity contribution in [3.05, 3.63) is 33.9 Å². The first-order chi connectivity index (χ1) is 9.00. The van der Waals surface area contributed by atoms with Crippen LogP contribution in [0.1, 0.15) is 30.1 Å². The number of hydrogen-bond acceptors (Lipinski definition) is 4. The second-order valence-corrected chi connectivity index (χ2v) is 5.03. The van der Waals surface area contributed by atoms with Crippen molar-refractivity contribution < 1.29 is 9.72 Å². The second-order valence-electron chi connectivity index (χ2n) is 5.03. The molecule has 0 aliphatic heterocycles. The lowest BCUT2D eigenvalue weighted by molar-refractivity contribution is -0.384. The Morgan fingerprint density at radius 3 is 2.84 bits per heavy atom. The molecule has 0 saturated heterocycles. The Morgan fingerprint density at radius 1 is 1.58 bits per heavy atom. The van der Waals surface area contributed by atoms with E-state index >= 15 is 0 Å². The zero-order valence-electron chi connectivity index (χ0n) is 10.8. The highest BCUT2D eigenvalue weighted by molar-refractivity contribution is 6.00. The summed E-state index contributed by atoms with van der Waals surface area (Å²) >= 11 is 0. The first-order valence-electron chi connectivity index (χ1n) is 6.31. The van der Waals surface area contributed by atoms with Crippen molar-refractivity contribution in [1.82, 2.24) is 5.32 Å². The number of amides is 1. The van der Waals surface area contributed by atoms with E-state index in [9.17, 15) is 14.9 Å². The monoisotopic (exact) mass is 263 g/mol. The average Bonchev–Trinajstić information content (AvgIpc) is 3.18. The first-order valence-corrected chi connectivity index (χ1v) is 6.31. The Hall–Kier alpha value is -2.11. The van der Waals surface area contributed by atoms with Gasteiger partial charge in [-0.2, -0.15) is 0 Å². The van der Waals surface area contributed by atoms with E-state index < -0.39 is 10.8 Å². The van der Waals surface area contributed by atoms with Crippen LogP contribution in [-0.2, 0) is 0 Å². The molecule has 102 valence electrons. The highest BCUT2D eigenvalue weighted by Crippen LogP contribution is 2.36. The van der Waals surface area contributed by atoms with Crippen LogP contribution < -0.4 is 11.1 Å². The Bertz CT molecular complexity index is 512. The van der Waals surface area contributed by atoms with Crippen LogP contribution in [0.25, 0.3) is 0 Å². The molecular weight excluding hydrogens is 246 g/mol. The van der Waals surface area contributed by atoms with Crippen LogP contribution in [0.4, 0.5) is 11.4 Å². The Kier molecular flexibility index (Phi) is 3.69. The number of nitro benzene ring substituents is 1. The summed E-state index contributed by atoms with van der Waals surface area (Å²) in [6.45, 7) is 2.61. The van der Waals surface area contributed by atoms with Gasteiger partial charge in [0.25, 0.3) is 5.91 Å². The molecule has 1 aromatic carbocycles. The van der Waals surface area contributed by atoms with Gasteiger partial charge >= 0.3 is 5.69 Å². The van der Waals surface area contributed by atoms with Gasteiger partial charge in [0.15, 0.2) is 0 Å². The Balaban J connectivity index is 2.09. The maximum absolute atomic E-state index is 12.0. The number of carbonyl (C=O) groups excluding carboxylic acids is 1. The SMILES string of the molecule is CC(CNC(=O)c1cccc(N)c1[N+](=O)[O-])C1CC1. The van der Waals surface area contributed by atoms with Crippen molar-refractivity contribution in [2.75, 3.05) is 12.3 Å². The molecule has 1 aromatic rings. The number of nitro groups is 1. The molecule has 1 fully saturated rings. The highest BCUT2D eigenvalue weighted by Gasteiger charge is 2.29. The van der Waals surface area contributed by atoms with Gasteiger partial charge in [-0.1, -0.05) is 13.0 Å². The summed E-state index contributed by atoms with van der Waals surface area (Å²) in [7, 11) is 0. The van der Waals surface area contributed by atoms with Crippen LogP contribution in [0.3, 0.4) is 0 Å². The predicted molar refractivity (Wildman–Crippen MR) is 71.7 cm³/mol. The van der Waals surface area contributed by atoms with E-state index in [1.165, 1.54) is 25.0 Å². The number of nitrogen functional groups attached to an aromatic ring is 1. The summed E-state index contributed by atoms with van der Waals surface area (Å²) in [5, 5.41) is 13.7. The summed E-state index contributed by atoms with van der Waals surface area (Å²) in [5.41, 5.74) is 5.26. The number of hydrogen-bond donors (Lipinski definition) is 2. The summed E-state index contributed by atoms with van der Waals surface area (Å²) in [6.07, 6.45) is 2.41. The second kappa shape index (κ2) is 5.26. The molecular formula is C13H17N3O3. The van der Waals surface area contributed by atoms with Crippen molar-refractivity contribution in [2.24, 2.45) is 11.8 Å². The molecule has 1 aliphatic rings. The van der Waals surface area contributed by atoms with Gasteiger partial charge < -0.3 is 11.1 Å². The first kappa shape index (κ1) is 13.3. The third kappa shape index (κ3) is 3.01. The predicted octanol–water partition coefficient (Wildman–Crippen LogP) is 1.95. The molecule has 0 aromatic heterocycles. The zero-order chi connectivity index (χ0) is 14.0. The molecule has 1 aliphatic carbocycles. The summed E-state index contributed by atoms with van der Waals surface area (Å²) in [6, 6.07) is 4.38. The number of nitrogens with two attached hydrogens (primary N) is 1. The van der Waals surface area contributed by atoms with Crippen LogP contribution >= 0.6 is 0 Å². The van der Waals surface area contributed by atoms with Crippen LogP contribution in [0.5, 0.6) is 0 Å². The Labute approximate surface area is 111 Å². The van der Waals surface area contributed by atoms with Gasteiger partial charge in [0.05, 0.1) is 4.92 Å². The largest absolute Gasteiger partial charge is 0.393 e. The van der Waals surface area contributed by atoms with E-state index in [1.807, 2.05) is 0 Å². The molecule has 6 nitrogen and oxygen atoms in total. The van der Waals surface area contributed by atoms with E-state index in [1.54, 1.807) is 6.07 Å². The van der Waals surface area contributed by atoms with Gasteiger partial charge in [-0.15, -0.1) is 0 Å². The number of benzene rings is 1. The van der Waals surface area contributed by atoms with E-state index in [4.69, 9.17) is 5.73 Å². The molecule has 3 N–H and O–H groups in total. The van der Waals surface area contributed by atoms with Crippen molar-refractivity contribution in [1.29, 1.82) is 0 Å². The highest BCUT2D eigenvalue weighted by atomic mass is 16.6. The van der Waals surface area contributed by atoms with Crippen LogP contribution in [0, 0.1) is 22.0 Å². The molecule has 0 bridgehead atoms. The third-order valence-corrected chi connectivity index (χ3v) is 3.51. The maximum atomic E-state index is 12.0. The van der Waals surface area contributed by atoms with Gasteiger partial charge in [-0.25, -0.2) is 0 Å². The van der Waals surface area contributed by atoms with Crippen LogP contribution in [0.2, 0.25) is 0 Å². The van der Waals surface area contributed by atoms with Crippen molar-refractivity contribution in [2.45, 2.75) is 19.8 Å². The summed E-state index contributed by atoms with van der Waals surface area (Å²) < 4.78 is 0. The number of nitrogens with one attached hydrogen (secondary N) is 1. The fourth-order valence-corrected chi connectivity index (χ4v) is 2.13. The molecule has 1 unspecified atom stereocenters. The molecule has 2 rings (SSSR count). The lowest BCUT2D eigenvalue weighted by atomic mass is 10.1. The molecule has 0 spiro atoms. The fraction of sp³-hybridized carbons (Fsp3) is 0.462. The van der Waals surface area contributed by atoms with Crippen LogP contribution in [0.15, 0.2) is 18.2 Å². The number of carbonyl (C=O) groups is 1. The van der Waals surface area contributed by atoms with Gasteiger partial charge in [0.2, 0.25) is 0 Å². The lowest BCUT2D eigenvalue weighted by Gasteiger charge is -2.11. The zero-order valence-corrected chi connectivity index (χ0v) is 10.8. The molecule has 1 saturated carbocycles. The molecule has 0 heterocycles.